The van der Waals surface area contributed by atoms with Crippen LogP contribution in [0.2, 0.25) is 0 Å². The van der Waals surface area contributed by atoms with Crippen LogP contribution in [0.15, 0.2) is 35.3 Å². The van der Waals surface area contributed by atoms with Crippen molar-refractivity contribution in [2.45, 2.75) is 70.4 Å². The number of ether oxygens (including phenoxy) is 1. The molecular formula is C24H30N4O2. The third-order valence-corrected chi connectivity index (χ3v) is 6.87. The van der Waals surface area contributed by atoms with E-state index in [-0.39, 0.29) is 5.69 Å². The minimum Gasteiger partial charge on any atom is -0.497 e. The second-order valence-corrected chi connectivity index (χ2v) is 8.76. The topological polar surface area (TPSA) is 61.1 Å². The quantitative estimate of drug-likeness (QED) is 0.609. The van der Waals surface area contributed by atoms with Gasteiger partial charge in [-0.05, 0) is 56.4 Å². The largest absolute Gasteiger partial charge is 0.497 e. The molecule has 0 bridgehead atoms. The van der Waals surface area contributed by atoms with Crippen LogP contribution < -0.4 is 15.7 Å². The fourth-order valence-corrected chi connectivity index (χ4v) is 5.28. The van der Waals surface area contributed by atoms with Crippen LogP contribution in [0.4, 0.5) is 11.5 Å². The molecule has 0 saturated heterocycles. The van der Waals surface area contributed by atoms with Gasteiger partial charge in [-0.3, -0.25) is 9.13 Å². The predicted octanol–water partition coefficient (Wildman–Crippen LogP) is 5.49. The molecule has 2 fully saturated rings. The zero-order valence-electron chi connectivity index (χ0n) is 17.9. The number of imidazole rings is 1. The summed E-state index contributed by atoms with van der Waals surface area (Å²) in [5, 5.41) is 3.44. The Balaban J connectivity index is 1.59. The number of rotatable bonds is 5. The fraction of sp³-hybridized carbons (Fsp3) is 0.500. The summed E-state index contributed by atoms with van der Waals surface area (Å²) in [6.07, 6.45) is 11.1. The molecule has 0 amide bonds. The lowest BCUT2D eigenvalue weighted by molar-refractivity contribution is 0.414. The van der Waals surface area contributed by atoms with Gasteiger partial charge in [-0.15, -0.1) is 0 Å². The summed E-state index contributed by atoms with van der Waals surface area (Å²) in [7, 11) is 1.68. The molecule has 6 heteroatoms. The lowest BCUT2D eigenvalue weighted by Gasteiger charge is -2.13. The van der Waals surface area contributed by atoms with E-state index in [1.165, 1.54) is 25.7 Å². The monoisotopic (exact) mass is 406 g/mol. The van der Waals surface area contributed by atoms with Crippen LogP contribution in [0, 0.1) is 6.92 Å². The zero-order valence-corrected chi connectivity index (χ0v) is 17.9. The molecule has 1 N–H and O–H groups in total. The first-order valence-electron chi connectivity index (χ1n) is 11.2. The normalized spacial score (nSPS) is 17.8. The van der Waals surface area contributed by atoms with E-state index in [0.29, 0.717) is 12.1 Å². The zero-order chi connectivity index (χ0) is 20.7. The number of hydrogen-bond acceptors (Lipinski definition) is 4. The van der Waals surface area contributed by atoms with Gasteiger partial charge in [0.25, 0.3) is 0 Å². The Bertz CT molecular complexity index is 1120. The number of benzene rings is 1. The Kier molecular flexibility index (Phi) is 5.01. The third kappa shape index (κ3) is 3.28. The van der Waals surface area contributed by atoms with Crippen molar-refractivity contribution >= 4 is 22.5 Å². The highest BCUT2D eigenvalue weighted by molar-refractivity contribution is 5.80. The van der Waals surface area contributed by atoms with Crippen molar-refractivity contribution in [3.05, 3.63) is 46.5 Å². The van der Waals surface area contributed by atoms with Crippen molar-refractivity contribution < 1.29 is 4.74 Å². The molecule has 2 heterocycles. The lowest BCUT2D eigenvalue weighted by Crippen LogP contribution is -2.28. The van der Waals surface area contributed by atoms with Crippen molar-refractivity contribution in [3.8, 4) is 5.75 Å². The van der Waals surface area contributed by atoms with E-state index in [9.17, 15) is 4.79 Å². The number of nitrogens with one attached hydrogen (secondary N) is 1. The van der Waals surface area contributed by atoms with Crippen LogP contribution in [0.3, 0.4) is 0 Å². The summed E-state index contributed by atoms with van der Waals surface area (Å²) in [5.41, 5.74) is 4.24. The van der Waals surface area contributed by atoms with Crippen molar-refractivity contribution in [1.82, 2.24) is 14.1 Å². The van der Waals surface area contributed by atoms with Crippen LogP contribution in [-0.4, -0.2) is 21.2 Å². The van der Waals surface area contributed by atoms with Crippen LogP contribution in [0.25, 0.3) is 11.0 Å². The van der Waals surface area contributed by atoms with E-state index in [1.54, 1.807) is 7.11 Å². The molecule has 0 aliphatic heterocycles. The summed E-state index contributed by atoms with van der Waals surface area (Å²) in [6, 6.07) is 8.63. The highest BCUT2D eigenvalue weighted by atomic mass is 16.5. The number of fused-ring (bicyclic) bond motifs is 1. The van der Waals surface area contributed by atoms with Gasteiger partial charge in [0.2, 0.25) is 0 Å². The van der Waals surface area contributed by atoms with E-state index >= 15 is 0 Å². The summed E-state index contributed by atoms with van der Waals surface area (Å²) in [4.78, 5) is 18.2. The SMILES string of the molecule is COc1ccc(Nc2cc3c(cn2)n(C2CCCC2)c(=O)n3C2CCCC2)c(C)c1. The number of nitrogens with zero attached hydrogens (tertiary/aromatic N) is 3. The van der Waals surface area contributed by atoms with E-state index in [2.05, 4.69) is 27.9 Å². The number of pyridine rings is 1. The Morgan fingerprint density at radius 3 is 2.20 bits per heavy atom. The van der Waals surface area contributed by atoms with Crippen LogP contribution in [-0.2, 0) is 0 Å². The molecule has 5 rings (SSSR count). The minimum atomic E-state index is 0.156. The van der Waals surface area contributed by atoms with Crippen LogP contribution in [0.5, 0.6) is 5.75 Å². The summed E-state index contributed by atoms with van der Waals surface area (Å²) >= 11 is 0. The van der Waals surface area contributed by atoms with Gasteiger partial charge >= 0.3 is 5.69 Å². The Labute approximate surface area is 176 Å². The molecule has 158 valence electrons. The molecule has 0 radical (unpaired) electrons. The average Bonchev–Trinajstić information content (AvgIpc) is 3.49. The maximum Gasteiger partial charge on any atom is 0.329 e. The molecule has 2 aliphatic carbocycles. The average molecular weight is 407 g/mol. The van der Waals surface area contributed by atoms with E-state index < -0.39 is 0 Å². The van der Waals surface area contributed by atoms with Crippen LogP contribution in [0.1, 0.15) is 69.0 Å². The molecule has 1 aromatic carbocycles. The van der Waals surface area contributed by atoms with Gasteiger partial charge in [0.15, 0.2) is 0 Å². The van der Waals surface area contributed by atoms with Crippen molar-refractivity contribution in [3.63, 3.8) is 0 Å². The molecule has 6 nitrogen and oxygen atoms in total. The number of anilines is 2. The number of aromatic nitrogens is 3. The summed E-state index contributed by atoms with van der Waals surface area (Å²) in [6.45, 7) is 2.05. The van der Waals surface area contributed by atoms with Gasteiger partial charge in [0.1, 0.15) is 11.6 Å². The second-order valence-electron chi connectivity index (χ2n) is 8.76. The van der Waals surface area contributed by atoms with Gasteiger partial charge in [0.05, 0.1) is 24.3 Å². The predicted molar refractivity (Wildman–Crippen MR) is 120 cm³/mol. The van der Waals surface area contributed by atoms with E-state index in [0.717, 1.165) is 59.5 Å². The highest BCUT2D eigenvalue weighted by Crippen LogP contribution is 2.36. The van der Waals surface area contributed by atoms with E-state index in [1.807, 2.05) is 29.0 Å². The standard InChI is InChI=1S/C24H30N4O2/c1-16-13-19(30-2)11-12-20(16)26-23-14-21-22(15-25-23)28(18-9-5-6-10-18)24(29)27(21)17-7-3-4-8-17/h11-15,17-18H,3-10H2,1-2H3,(H,25,26). The molecular weight excluding hydrogens is 376 g/mol. The van der Waals surface area contributed by atoms with Gasteiger partial charge in [0, 0.05) is 23.8 Å². The number of hydrogen-bond donors (Lipinski definition) is 1. The Morgan fingerprint density at radius 2 is 1.60 bits per heavy atom. The fourth-order valence-electron chi connectivity index (χ4n) is 5.28. The highest BCUT2D eigenvalue weighted by Gasteiger charge is 2.28. The Morgan fingerprint density at radius 1 is 0.967 bits per heavy atom. The molecule has 2 aromatic heterocycles. The summed E-state index contributed by atoms with van der Waals surface area (Å²) < 4.78 is 9.41. The van der Waals surface area contributed by atoms with Crippen molar-refractivity contribution in [2.24, 2.45) is 0 Å². The van der Waals surface area contributed by atoms with Gasteiger partial charge < -0.3 is 10.1 Å². The first-order chi connectivity index (χ1) is 14.7. The maximum absolute atomic E-state index is 13.5. The molecule has 3 aromatic rings. The van der Waals surface area contributed by atoms with Crippen molar-refractivity contribution in [1.29, 1.82) is 0 Å². The van der Waals surface area contributed by atoms with E-state index in [4.69, 9.17) is 4.74 Å². The van der Waals surface area contributed by atoms with Gasteiger partial charge in [-0.2, -0.15) is 0 Å². The molecule has 0 unspecified atom stereocenters. The van der Waals surface area contributed by atoms with Crippen LogP contribution >= 0.6 is 0 Å². The van der Waals surface area contributed by atoms with Crippen molar-refractivity contribution in [2.75, 3.05) is 12.4 Å². The lowest BCUT2D eigenvalue weighted by atomic mass is 10.2. The molecule has 0 spiro atoms. The molecule has 0 atom stereocenters. The molecule has 2 saturated carbocycles. The molecule has 30 heavy (non-hydrogen) atoms. The van der Waals surface area contributed by atoms with Gasteiger partial charge in [-0.1, -0.05) is 25.7 Å². The Hall–Kier alpha value is -2.76. The third-order valence-electron chi connectivity index (χ3n) is 6.87. The number of aryl methyl sites for hydroxylation is 1. The smallest absolute Gasteiger partial charge is 0.329 e. The first kappa shape index (κ1) is 19.2. The maximum atomic E-state index is 13.5. The second kappa shape index (κ2) is 7.82. The minimum absolute atomic E-state index is 0.156. The number of methoxy groups -OCH3 is 1. The summed E-state index contributed by atoms with van der Waals surface area (Å²) in [5.74, 6) is 1.61. The van der Waals surface area contributed by atoms with Gasteiger partial charge in [-0.25, -0.2) is 9.78 Å². The first-order valence-corrected chi connectivity index (χ1v) is 11.2. The molecule has 2 aliphatic rings.